The summed E-state index contributed by atoms with van der Waals surface area (Å²) in [5.74, 6) is 1.26. The van der Waals surface area contributed by atoms with E-state index in [1.165, 1.54) is 11.3 Å². The molecule has 0 unspecified atom stereocenters. The molecular formula is C20H23N3O2S3. The van der Waals surface area contributed by atoms with Crippen LogP contribution in [0.1, 0.15) is 25.0 Å². The largest absolute Gasteiger partial charge is 0.360 e. The molecule has 0 aliphatic carbocycles. The summed E-state index contributed by atoms with van der Waals surface area (Å²) in [7, 11) is -3.49. The van der Waals surface area contributed by atoms with Crippen LogP contribution in [0.2, 0.25) is 0 Å². The fourth-order valence-electron chi connectivity index (χ4n) is 2.39. The number of sulfone groups is 1. The minimum absolute atomic E-state index is 0.307. The molecule has 0 atom stereocenters. The molecule has 0 radical (unpaired) electrons. The Morgan fingerprint density at radius 3 is 2.21 bits per heavy atom. The van der Waals surface area contributed by atoms with Gasteiger partial charge < -0.3 is 5.32 Å². The van der Waals surface area contributed by atoms with Crippen LogP contribution >= 0.6 is 23.1 Å². The predicted molar refractivity (Wildman–Crippen MR) is 116 cm³/mol. The van der Waals surface area contributed by atoms with Crippen molar-refractivity contribution < 1.29 is 8.42 Å². The average Bonchev–Trinajstić information content (AvgIpc) is 3.13. The molecule has 0 saturated carbocycles. The fraction of sp³-hybridized carbons (Fsp3) is 0.300. The molecule has 0 amide bonds. The molecule has 8 heteroatoms. The van der Waals surface area contributed by atoms with Gasteiger partial charge >= 0.3 is 0 Å². The quantitative estimate of drug-likeness (QED) is 0.502. The summed E-state index contributed by atoms with van der Waals surface area (Å²) >= 11 is 3.13. The highest BCUT2D eigenvalue weighted by Crippen LogP contribution is 2.29. The first kappa shape index (κ1) is 20.8. The van der Waals surface area contributed by atoms with Gasteiger partial charge in [0.15, 0.2) is 4.34 Å². The number of hydrogen-bond acceptors (Lipinski definition) is 7. The van der Waals surface area contributed by atoms with Crippen molar-refractivity contribution in [2.24, 2.45) is 5.92 Å². The van der Waals surface area contributed by atoms with Crippen molar-refractivity contribution in [2.75, 3.05) is 11.9 Å². The minimum atomic E-state index is -3.49. The zero-order valence-electron chi connectivity index (χ0n) is 16.0. The van der Waals surface area contributed by atoms with Crippen molar-refractivity contribution in [3.05, 3.63) is 59.7 Å². The van der Waals surface area contributed by atoms with E-state index in [0.717, 1.165) is 27.1 Å². The number of thioether (sulfide) groups is 1. The van der Waals surface area contributed by atoms with Gasteiger partial charge in [-0.25, -0.2) is 8.42 Å². The molecule has 1 aromatic heterocycles. The van der Waals surface area contributed by atoms with Crippen molar-refractivity contribution in [3.8, 4) is 0 Å². The van der Waals surface area contributed by atoms with Crippen LogP contribution in [0.15, 0.2) is 62.7 Å². The Labute approximate surface area is 174 Å². The zero-order valence-corrected chi connectivity index (χ0v) is 18.5. The summed E-state index contributed by atoms with van der Waals surface area (Å²) in [6, 6.07) is 14.0. The lowest BCUT2D eigenvalue weighted by molar-refractivity contribution is 0.596. The van der Waals surface area contributed by atoms with Gasteiger partial charge in [0, 0.05) is 12.3 Å². The maximum atomic E-state index is 12.7. The Bertz CT molecular complexity index is 1010. The Hall–Kier alpha value is -1.90. The van der Waals surface area contributed by atoms with Crippen molar-refractivity contribution in [3.63, 3.8) is 0 Å². The van der Waals surface area contributed by atoms with E-state index in [4.69, 9.17) is 0 Å². The smallest absolute Gasteiger partial charge is 0.206 e. The molecular weight excluding hydrogens is 410 g/mol. The number of aryl methyl sites for hydroxylation is 1. The van der Waals surface area contributed by atoms with Crippen LogP contribution in [0.4, 0.5) is 5.13 Å². The first-order valence-electron chi connectivity index (χ1n) is 8.95. The number of rotatable bonds is 8. The lowest BCUT2D eigenvalue weighted by Crippen LogP contribution is -2.07. The molecule has 0 fully saturated rings. The second-order valence-electron chi connectivity index (χ2n) is 6.90. The molecule has 28 heavy (non-hydrogen) atoms. The van der Waals surface area contributed by atoms with Gasteiger partial charge in [-0.2, -0.15) is 0 Å². The maximum absolute atomic E-state index is 12.7. The Morgan fingerprint density at radius 2 is 1.61 bits per heavy atom. The second-order valence-corrected chi connectivity index (χ2v) is 11.0. The highest BCUT2D eigenvalue weighted by molar-refractivity contribution is 8.00. The van der Waals surface area contributed by atoms with Crippen molar-refractivity contribution in [1.82, 2.24) is 10.2 Å². The number of hydrogen-bond donors (Lipinski definition) is 1. The zero-order chi connectivity index (χ0) is 20.1. The summed E-state index contributed by atoms with van der Waals surface area (Å²) in [6.07, 6.45) is 0. The van der Waals surface area contributed by atoms with Crippen molar-refractivity contribution in [2.45, 2.75) is 40.7 Å². The third-order valence-corrected chi connectivity index (χ3v) is 7.87. The van der Waals surface area contributed by atoms with Crippen molar-refractivity contribution >= 4 is 38.1 Å². The number of nitrogens with zero attached hydrogens (tertiary/aromatic N) is 2. The van der Waals surface area contributed by atoms with Crippen LogP contribution in [0.3, 0.4) is 0 Å². The molecule has 0 saturated heterocycles. The molecule has 0 aliphatic rings. The Kier molecular flexibility index (Phi) is 6.74. The van der Waals surface area contributed by atoms with E-state index < -0.39 is 9.84 Å². The summed E-state index contributed by atoms with van der Waals surface area (Å²) in [4.78, 5) is 0.622. The predicted octanol–water partition coefficient (Wildman–Crippen LogP) is 5.04. The van der Waals surface area contributed by atoms with Gasteiger partial charge in [0.05, 0.1) is 9.79 Å². The van der Waals surface area contributed by atoms with E-state index in [0.29, 0.717) is 21.5 Å². The molecule has 2 aromatic carbocycles. The molecule has 5 nitrogen and oxygen atoms in total. The van der Waals surface area contributed by atoms with Gasteiger partial charge in [-0.05, 0) is 42.7 Å². The van der Waals surface area contributed by atoms with Crippen LogP contribution in [0.25, 0.3) is 0 Å². The van der Waals surface area contributed by atoms with Gasteiger partial charge in [0.25, 0.3) is 0 Å². The topological polar surface area (TPSA) is 72.0 Å². The number of nitrogens with one attached hydrogen (secondary N) is 1. The highest BCUT2D eigenvalue weighted by Gasteiger charge is 2.17. The highest BCUT2D eigenvalue weighted by atomic mass is 32.2. The second kappa shape index (κ2) is 9.07. The first-order chi connectivity index (χ1) is 13.3. The summed E-state index contributed by atoms with van der Waals surface area (Å²) < 4.78 is 26.3. The number of aromatic nitrogens is 2. The lowest BCUT2D eigenvalue weighted by Gasteiger charge is -2.06. The third kappa shape index (κ3) is 5.33. The van der Waals surface area contributed by atoms with E-state index in [1.54, 1.807) is 36.0 Å². The monoisotopic (exact) mass is 433 g/mol. The van der Waals surface area contributed by atoms with Crippen LogP contribution in [0.5, 0.6) is 0 Å². The fourth-order valence-corrected chi connectivity index (χ4v) is 5.37. The van der Waals surface area contributed by atoms with Crippen LogP contribution < -0.4 is 5.32 Å². The molecule has 1 heterocycles. The van der Waals surface area contributed by atoms with E-state index in [-0.39, 0.29) is 0 Å². The number of benzene rings is 2. The van der Waals surface area contributed by atoms with Gasteiger partial charge in [0.1, 0.15) is 0 Å². The Balaban J connectivity index is 1.62. The maximum Gasteiger partial charge on any atom is 0.206 e. The first-order valence-corrected chi connectivity index (χ1v) is 12.2. The van der Waals surface area contributed by atoms with Gasteiger partial charge in [-0.15, -0.1) is 10.2 Å². The van der Waals surface area contributed by atoms with Crippen LogP contribution in [0, 0.1) is 12.8 Å². The molecule has 3 aromatic rings. The normalized spacial score (nSPS) is 11.7. The van der Waals surface area contributed by atoms with E-state index >= 15 is 0 Å². The van der Waals surface area contributed by atoms with Crippen molar-refractivity contribution in [1.29, 1.82) is 0 Å². The average molecular weight is 434 g/mol. The van der Waals surface area contributed by atoms with Gasteiger partial charge in [-0.3, -0.25) is 0 Å². The van der Waals surface area contributed by atoms with Gasteiger partial charge in [-0.1, -0.05) is 66.8 Å². The molecule has 3 rings (SSSR count). The molecule has 0 spiro atoms. The van der Waals surface area contributed by atoms with E-state index in [1.807, 2.05) is 31.2 Å². The molecule has 148 valence electrons. The van der Waals surface area contributed by atoms with Crippen LogP contribution in [-0.2, 0) is 15.6 Å². The molecule has 1 N–H and O–H groups in total. The molecule has 0 aliphatic heterocycles. The third-order valence-electron chi connectivity index (χ3n) is 4.00. The lowest BCUT2D eigenvalue weighted by atomic mass is 10.2. The van der Waals surface area contributed by atoms with Gasteiger partial charge in [0.2, 0.25) is 15.0 Å². The van der Waals surface area contributed by atoms with Crippen LogP contribution in [-0.4, -0.2) is 25.2 Å². The Morgan fingerprint density at radius 1 is 1.00 bits per heavy atom. The summed E-state index contributed by atoms with van der Waals surface area (Å²) in [6.45, 7) is 7.10. The van der Waals surface area contributed by atoms with E-state index in [2.05, 4.69) is 29.4 Å². The minimum Gasteiger partial charge on any atom is -0.360 e. The standard InChI is InChI=1S/C20H23N3O2S3/c1-14(2)12-21-19-22-23-20(27-19)26-13-16-6-10-18(11-7-16)28(24,25)17-8-4-15(3)5-9-17/h4-11,14H,12-13H2,1-3H3,(H,21,22). The number of anilines is 1. The molecule has 0 bridgehead atoms. The summed E-state index contributed by atoms with van der Waals surface area (Å²) in [5.41, 5.74) is 2.07. The van der Waals surface area contributed by atoms with E-state index in [9.17, 15) is 8.42 Å². The SMILES string of the molecule is Cc1ccc(S(=O)(=O)c2ccc(CSc3nnc(NCC(C)C)s3)cc2)cc1. The summed E-state index contributed by atoms with van der Waals surface area (Å²) in [5, 5.41) is 12.4.